The summed E-state index contributed by atoms with van der Waals surface area (Å²) in [6, 6.07) is 5.71. The summed E-state index contributed by atoms with van der Waals surface area (Å²) >= 11 is 5.88. The molecule has 0 aliphatic carbocycles. The van der Waals surface area contributed by atoms with E-state index in [1.165, 1.54) is 36.7 Å². The largest absolute Gasteiger partial charge is 0.322 e. The highest BCUT2D eigenvalue weighted by Gasteiger charge is 2.13. The van der Waals surface area contributed by atoms with E-state index in [1.54, 1.807) is 6.92 Å². The van der Waals surface area contributed by atoms with E-state index in [4.69, 9.17) is 11.6 Å². The van der Waals surface area contributed by atoms with Crippen LogP contribution in [0.1, 0.15) is 15.9 Å². The van der Waals surface area contributed by atoms with Crippen LogP contribution in [0, 0.1) is 17.0 Å². The van der Waals surface area contributed by atoms with Crippen LogP contribution in [0.3, 0.4) is 0 Å². The molecule has 0 unspecified atom stereocenters. The predicted octanol–water partition coefficient (Wildman–Crippen LogP) is 3.20. The van der Waals surface area contributed by atoms with Crippen LogP contribution in [0.4, 0.5) is 11.4 Å². The van der Waals surface area contributed by atoms with E-state index in [1.807, 2.05) is 0 Å². The number of pyridine rings is 1. The molecule has 6 nitrogen and oxygen atoms in total. The Balaban J connectivity index is 2.25. The van der Waals surface area contributed by atoms with E-state index in [2.05, 4.69) is 10.3 Å². The molecule has 7 heteroatoms. The van der Waals surface area contributed by atoms with Gasteiger partial charge in [-0.15, -0.1) is 0 Å². The molecule has 1 heterocycles. The summed E-state index contributed by atoms with van der Waals surface area (Å²) in [5, 5.41) is 13.5. The van der Waals surface area contributed by atoms with E-state index in [0.717, 1.165) is 0 Å². The molecule has 0 atom stereocenters. The predicted molar refractivity (Wildman–Crippen MR) is 75.0 cm³/mol. The van der Waals surface area contributed by atoms with Gasteiger partial charge in [0.25, 0.3) is 11.6 Å². The number of rotatable bonds is 3. The summed E-state index contributed by atoms with van der Waals surface area (Å²) in [5.41, 5.74) is 1.35. The number of nitrogens with zero attached hydrogens (tertiary/aromatic N) is 2. The van der Waals surface area contributed by atoms with Crippen molar-refractivity contribution in [2.45, 2.75) is 6.92 Å². The second-order valence-electron chi connectivity index (χ2n) is 4.07. The molecule has 0 saturated carbocycles. The third-order valence-electron chi connectivity index (χ3n) is 2.69. The van der Waals surface area contributed by atoms with Gasteiger partial charge in [0, 0.05) is 30.2 Å². The van der Waals surface area contributed by atoms with Crippen molar-refractivity contribution in [2.75, 3.05) is 5.32 Å². The summed E-state index contributed by atoms with van der Waals surface area (Å²) in [4.78, 5) is 26.0. The van der Waals surface area contributed by atoms with Gasteiger partial charge in [-0.25, -0.2) is 0 Å². The van der Waals surface area contributed by atoms with E-state index in [9.17, 15) is 14.9 Å². The Hall–Kier alpha value is -2.47. The van der Waals surface area contributed by atoms with Gasteiger partial charge in [-0.3, -0.25) is 19.9 Å². The van der Waals surface area contributed by atoms with Gasteiger partial charge in [0.2, 0.25) is 0 Å². The molecule has 0 fully saturated rings. The van der Waals surface area contributed by atoms with Gasteiger partial charge in [0.15, 0.2) is 0 Å². The van der Waals surface area contributed by atoms with Gasteiger partial charge in [-0.1, -0.05) is 11.6 Å². The normalized spacial score (nSPS) is 10.1. The van der Waals surface area contributed by atoms with Crippen LogP contribution in [-0.2, 0) is 0 Å². The van der Waals surface area contributed by atoms with Gasteiger partial charge in [-0.05, 0) is 24.6 Å². The molecule has 1 aromatic carbocycles. The molecule has 1 amide bonds. The number of hydrogen-bond acceptors (Lipinski definition) is 4. The van der Waals surface area contributed by atoms with Crippen molar-refractivity contribution in [1.82, 2.24) is 4.98 Å². The number of nitro groups is 1. The van der Waals surface area contributed by atoms with Crippen molar-refractivity contribution in [2.24, 2.45) is 0 Å². The summed E-state index contributed by atoms with van der Waals surface area (Å²) in [7, 11) is 0. The molecule has 0 bridgehead atoms. The molecular formula is C13H10ClN3O3. The maximum Gasteiger partial charge on any atom is 0.269 e. The van der Waals surface area contributed by atoms with E-state index in [-0.39, 0.29) is 10.7 Å². The third kappa shape index (κ3) is 2.92. The van der Waals surface area contributed by atoms with Gasteiger partial charge in [0.1, 0.15) is 0 Å². The average molecular weight is 292 g/mol. The molecule has 2 rings (SSSR count). The molecule has 0 aliphatic heterocycles. The number of amides is 1. The molecular weight excluding hydrogens is 282 g/mol. The zero-order valence-corrected chi connectivity index (χ0v) is 11.2. The van der Waals surface area contributed by atoms with E-state index >= 15 is 0 Å². The standard InChI is InChI=1S/C13H10ClN3O3/c1-8-6-9(17(19)20)2-3-12(8)16-13(18)10-4-5-15-7-11(10)14/h2-7H,1H3,(H,16,18). The summed E-state index contributed by atoms with van der Waals surface area (Å²) in [5.74, 6) is -0.394. The topological polar surface area (TPSA) is 85.1 Å². The fourth-order valence-electron chi connectivity index (χ4n) is 1.65. The molecule has 1 aromatic heterocycles. The van der Waals surface area contributed by atoms with Crippen molar-refractivity contribution in [3.63, 3.8) is 0 Å². The van der Waals surface area contributed by atoms with Gasteiger partial charge >= 0.3 is 0 Å². The highest BCUT2D eigenvalue weighted by Crippen LogP contribution is 2.22. The number of nitrogens with one attached hydrogen (secondary N) is 1. The van der Waals surface area contributed by atoms with Gasteiger partial charge in [-0.2, -0.15) is 0 Å². The highest BCUT2D eigenvalue weighted by molar-refractivity contribution is 6.34. The molecule has 0 radical (unpaired) electrons. The maximum absolute atomic E-state index is 12.0. The number of carbonyl (C=O) groups excluding carboxylic acids is 1. The lowest BCUT2D eigenvalue weighted by molar-refractivity contribution is -0.384. The van der Waals surface area contributed by atoms with Crippen LogP contribution in [0.5, 0.6) is 0 Å². The fraction of sp³-hybridized carbons (Fsp3) is 0.0769. The Labute approximate surface area is 119 Å². The molecule has 20 heavy (non-hydrogen) atoms. The van der Waals surface area contributed by atoms with Crippen LogP contribution < -0.4 is 5.32 Å². The molecule has 1 N–H and O–H groups in total. The first-order valence-electron chi connectivity index (χ1n) is 5.65. The van der Waals surface area contributed by atoms with Gasteiger partial charge in [0.05, 0.1) is 15.5 Å². The highest BCUT2D eigenvalue weighted by atomic mass is 35.5. The zero-order chi connectivity index (χ0) is 14.7. The Kier molecular flexibility index (Phi) is 3.95. The minimum atomic E-state index is -0.488. The maximum atomic E-state index is 12.0. The lowest BCUT2D eigenvalue weighted by Crippen LogP contribution is -2.13. The number of halogens is 1. The summed E-state index contributed by atoms with van der Waals surface area (Å²) in [6.07, 6.45) is 2.84. The van der Waals surface area contributed by atoms with E-state index < -0.39 is 10.8 Å². The Morgan fingerprint density at radius 3 is 2.75 bits per heavy atom. The van der Waals surface area contributed by atoms with Crippen molar-refractivity contribution in [3.8, 4) is 0 Å². The molecule has 0 saturated heterocycles. The van der Waals surface area contributed by atoms with E-state index in [0.29, 0.717) is 16.8 Å². The quantitative estimate of drug-likeness (QED) is 0.695. The molecule has 102 valence electrons. The first kappa shape index (κ1) is 14.0. The number of carbonyl (C=O) groups is 1. The van der Waals surface area contributed by atoms with Gasteiger partial charge < -0.3 is 5.32 Å². The first-order chi connectivity index (χ1) is 9.49. The van der Waals surface area contributed by atoms with Crippen LogP contribution in [0.2, 0.25) is 5.02 Å². The number of non-ortho nitro benzene ring substituents is 1. The van der Waals surface area contributed by atoms with Crippen molar-refractivity contribution in [1.29, 1.82) is 0 Å². The Bertz CT molecular complexity index is 688. The average Bonchev–Trinajstić information content (AvgIpc) is 2.41. The van der Waals surface area contributed by atoms with Crippen LogP contribution in [0.25, 0.3) is 0 Å². The zero-order valence-electron chi connectivity index (χ0n) is 10.5. The molecule has 0 spiro atoms. The van der Waals surface area contributed by atoms with Crippen molar-refractivity contribution >= 4 is 28.9 Å². The van der Waals surface area contributed by atoms with Crippen molar-refractivity contribution < 1.29 is 9.72 Å². The van der Waals surface area contributed by atoms with Crippen LogP contribution in [-0.4, -0.2) is 15.8 Å². The number of nitro benzene ring substituents is 1. The monoisotopic (exact) mass is 291 g/mol. The Morgan fingerprint density at radius 2 is 2.15 bits per heavy atom. The minimum Gasteiger partial charge on any atom is -0.322 e. The first-order valence-corrected chi connectivity index (χ1v) is 6.02. The van der Waals surface area contributed by atoms with Crippen LogP contribution in [0.15, 0.2) is 36.7 Å². The summed E-state index contributed by atoms with van der Waals surface area (Å²) in [6.45, 7) is 1.68. The minimum absolute atomic E-state index is 0.0255. The smallest absolute Gasteiger partial charge is 0.269 e. The fourth-order valence-corrected chi connectivity index (χ4v) is 1.86. The SMILES string of the molecule is Cc1cc([N+](=O)[O-])ccc1NC(=O)c1ccncc1Cl. The second-order valence-corrected chi connectivity index (χ2v) is 4.47. The number of hydrogen-bond donors (Lipinski definition) is 1. The number of aromatic nitrogens is 1. The molecule has 2 aromatic rings. The summed E-state index contributed by atoms with van der Waals surface area (Å²) < 4.78 is 0. The second kappa shape index (κ2) is 5.66. The van der Waals surface area contributed by atoms with Crippen LogP contribution >= 0.6 is 11.6 Å². The Morgan fingerprint density at radius 1 is 1.40 bits per heavy atom. The lowest BCUT2D eigenvalue weighted by Gasteiger charge is -2.08. The third-order valence-corrected chi connectivity index (χ3v) is 2.99. The number of benzene rings is 1. The number of anilines is 1. The lowest BCUT2D eigenvalue weighted by atomic mass is 10.1. The van der Waals surface area contributed by atoms with Crippen molar-refractivity contribution in [3.05, 3.63) is 62.9 Å². The molecule has 0 aliphatic rings. The number of aryl methyl sites for hydroxylation is 1.